The molecule has 0 saturated carbocycles. The zero-order valence-electron chi connectivity index (χ0n) is 9.20. The number of nitrogens with one attached hydrogen (secondary N) is 1. The topological polar surface area (TPSA) is 84.7 Å². The Bertz CT molecular complexity index is 718. The molecule has 0 aliphatic carbocycles. The Kier molecular flexibility index (Phi) is 2.45. The van der Waals surface area contributed by atoms with Gasteiger partial charge in [0.15, 0.2) is 0 Å². The second-order valence-corrected chi connectivity index (χ2v) is 3.60. The summed E-state index contributed by atoms with van der Waals surface area (Å²) in [6.07, 6.45) is 1.42. The summed E-state index contributed by atoms with van der Waals surface area (Å²) >= 11 is 0. The number of rotatable bonds is 2. The molecule has 2 heterocycles. The summed E-state index contributed by atoms with van der Waals surface area (Å²) in [7, 11) is 0. The van der Waals surface area contributed by atoms with Gasteiger partial charge in [-0.1, -0.05) is 35.5 Å². The summed E-state index contributed by atoms with van der Waals surface area (Å²) in [6.45, 7) is 0. The Balaban J connectivity index is 2.07. The SMILES string of the molecule is O=c1[nH]c(-c2cc(-c3ccccc3)ncn2)no1. The Hall–Kier alpha value is -2.76. The summed E-state index contributed by atoms with van der Waals surface area (Å²) in [5.74, 6) is -0.315. The lowest BCUT2D eigenvalue weighted by Crippen LogP contribution is -1.96. The van der Waals surface area contributed by atoms with Crippen LogP contribution in [0.25, 0.3) is 22.8 Å². The van der Waals surface area contributed by atoms with Crippen LogP contribution in [0.1, 0.15) is 0 Å². The Morgan fingerprint density at radius 3 is 2.56 bits per heavy atom. The standard InChI is InChI=1S/C12H8N4O2/c17-12-15-11(16-18-12)10-6-9(13-7-14-10)8-4-2-1-3-5-8/h1-7H,(H,15,16,17). The van der Waals surface area contributed by atoms with Crippen LogP contribution in [-0.4, -0.2) is 20.1 Å². The number of nitrogens with zero attached hydrogens (tertiary/aromatic N) is 3. The molecule has 0 radical (unpaired) electrons. The first-order chi connectivity index (χ1) is 8.83. The fourth-order valence-corrected chi connectivity index (χ4v) is 1.59. The zero-order chi connectivity index (χ0) is 12.4. The van der Waals surface area contributed by atoms with Gasteiger partial charge in [0.25, 0.3) is 0 Å². The quantitative estimate of drug-likeness (QED) is 0.733. The van der Waals surface area contributed by atoms with Crippen LogP contribution < -0.4 is 5.76 Å². The minimum atomic E-state index is -0.607. The van der Waals surface area contributed by atoms with Crippen molar-refractivity contribution in [1.29, 1.82) is 0 Å². The van der Waals surface area contributed by atoms with Gasteiger partial charge in [0.05, 0.1) is 5.69 Å². The van der Waals surface area contributed by atoms with E-state index in [2.05, 4.69) is 24.6 Å². The average molecular weight is 240 g/mol. The molecular weight excluding hydrogens is 232 g/mol. The van der Waals surface area contributed by atoms with Crippen LogP contribution in [0.3, 0.4) is 0 Å². The fraction of sp³-hybridized carbons (Fsp3) is 0. The molecule has 0 amide bonds. The van der Waals surface area contributed by atoms with Gasteiger partial charge in [-0.05, 0) is 6.07 Å². The third kappa shape index (κ3) is 1.91. The van der Waals surface area contributed by atoms with Gasteiger partial charge < -0.3 is 0 Å². The minimum Gasteiger partial charge on any atom is -0.296 e. The van der Waals surface area contributed by atoms with E-state index < -0.39 is 5.76 Å². The Labute approximate surface area is 101 Å². The van der Waals surface area contributed by atoms with Crippen LogP contribution in [0.15, 0.2) is 52.0 Å². The van der Waals surface area contributed by atoms with Crippen LogP contribution >= 0.6 is 0 Å². The van der Waals surface area contributed by atoms with Crippen molar-refractivity contribution in [3.63, 3.8) is 0 Å². The van der Waals surface area contributed by atoms with Crippen LogP contribution in [0, 0.1) is 0 Å². The van der Waals surface area contributed by atoms with Crippen LogP contribution in [0.5, 0.6) is 0 Å². The predicted octanol–water partition coefficient (Wildman–Crippen LogP) is 1.49. The largest absolute Gasteiger partial charge is 0.439 e. The van der Waals surface area contributed by atoms with Crippen molar-refractivity contribution in [3.8, 4) is 22.8 Å². The lowest BCUT2D eigenvalue weighted by molar-refractivity contribution is 0.387. The smallest absolute Gasteiger partial charge is 0.296 e. The highest BCUT2D eigenvalue weighted by Crippen LogP contribution is 2.19. The summed E-state index contributed by atoms with van der Waals surface area (Å²) in [6, 6.07) is 11.4. The van der Waals surface area contributed by atoms with Gasteiger partial charge in [-0.15, -0.1) is 0 Å². The van der Waals surface area contributed by atoms with Gasteiger partial charge in [0.2, 0.25) is 5.82 Å². The van der Waals surface area contributed by atoms with Gasteiger partial charge in [-0.3, -0.25) is 9.51 Å². The maximum atomic E-state index is 10.9. The first-order valence-corrected chi connectivity index (χ1v) is 5.27. The molecule has 1 N–H and O–H groups in total. The molecule has 3 aromatic rings. The maximum Gasteiger partial charge on any atom is 0.439 e. The molecule has 18 heavy (non-hydrogen) atoms. The third-order valence-corrected chi connectivity index (χ3v) is 2.42. The van der Waals surface area contributed by atoms with Gasteiger partial charge in [-0.25, -0.2) is 14.8 Å². The van der Waals surface area contributed by atoms with Crippen molar-refractivity contribution in [2.45, 2.75) is 0 Å². The van der Waals surface area contributed by atoms with Gasteiger partial charge >= 0.3 is 5.76 Å². The van der Waals surface area contributed by atoms with Gasteiger partial charge in [0.1, 0.15) is 12.0 Å². The number of hydrogen-bond donors (Lipinski definition) is 1. The Morgan fingerprint density at radius 1 is 1.06 bits per heavy atom. The molecule has 0 bridgehead atoms. The van der Waals surface area contributed by atoms with E-state index >= 15 is 0 Å². The maximum absolute atomic E-state index is 10.9. The highest BCUT2D eigenvalue weighted by atomic mass is 16.5. The van der Waals surface area contributed by atoms with Crippen LogP contribution in [0.4, 0.5) is 0 Å². The summed E-state index contributed by atoms with van der Waals surface area (Å²) in [4.78, 5) is 21.6. The fourth-order valence-electron chi connectivity index (χ4n) is 1.59. The number of benzene rings is 1. The second-order valence-electron chi connectivity index (χ2n) is 3.60. The third-order valence-electron chi connectivity index (χ3n) is 2.42. The molecule has 6 nitrogen and oxygen atoms in total. The van der Waals surface area contributed by atoms with E-state index in [-0.39, 0.29) is 0 Å². The zero-order valence-corrected chi connectivity index (χ0v) is 9.20. The van der Waals surface area contributed by atoms with Gasteiger partial charge in [-0.2, -0.15) is 0 Å². The molecule has 0 spiro atoms. The first-order valence-electron chi connectivity index (χ1n) is 5.27. The molecule has 0 atom stereocenters. The molecule has 1 aromatic carbocycles. The molecule has 0 aliphatic rings. The van der Waals surface area contributed by atoms with E-state index in [0.29, 0.717) is 11.5 Å². The second kappa shape index (κ2) is 4.25. The molecule has 0 unspecified atom stereocenters. The highest BCUT2D eigenvalue weighted by Gasteiger charge is 2.07. The van der Waals surface area contributed by atoms with E-state index in [9.17, 15) is 4.79 Å². The number of aromatic nitrogens is 4. The number of hydrogen-bond acceptors (Lipinski definition) is 5. The van der Waals surface area contributed by atoms with Crippen molar-refractivity contribution in [3.05, 3.63) is 53.3 Å². The van der Waals surface area contributed by atoms with Crippen LogP contribution in [-0.2, 0) is 0 Å². The van der Waals surface area contributed by atoms with E-state index in [1.54, 1.807) is 6.07 Å². The molecule has 88 valence electrons. The molecule has 0 fully saturated rings. The Morgan fingerprint density at radius 2 is 1.83 bits per heavy atom. The first kappa shape index (κ1) is 10.4. The number of H-pyrrole nitrogens is 1. The van der Waals surface area contributed by atoms with E-state index in [0.717, 1.165) is 11.3 Å². The number of aromatic amines is 1. The lowest BCUT2D eigenvalue weighted by atomic mass is 10.1. The van der Waals surface area contributed by atoms with E-state index in [1.165, 1.54) is 6.33 Å². The van der Waals surface area contributed by atoms with E-state index in [4.69, 9.17) is 0 Å². The molecule has 3 rings (SSSR count). The average Bonchev–Trinajstić information content (AvgIpc) is 2.87. The van der Waals surface area contributed by atoms with E-state index in [1.807, 2.05) is 30.3 Å². The summed E-state index contributed by atoms with van der Waals surface area (Å²) in [5.41, 5.74) is 2.23. The summed E-state index contributed by atoms with van der Waals surface area (Å²) < 4.78 is 4.44. The molecule has 0 saturated heterocycles. The summed E-state index contributed by atoms with van der Waals surface area (Å²) in [5, 5.41) is 3.59. The lowest BCUT2D eigenvalue weighted by Gasteiger charge is -2.00. The van der Waals surface area contributed by atoms with Crippen molar-refractivity contribution >= 4 is 0 Å². The van der Waals surface area contributed by atoms with Crippen molar-refractivity contribution in [1.82, 2.24) is 20.1 Å². The molecule has 0 aliphatic heterocycles. The van der Waals surface area contributed by atoms with Crippen LogP contribution in [0.2, 0.25) is 0 Å². The van der Waals surface area contributed by atoms with Crippen molar-refractivity contribution in [2.75, 3.05) is 0 Å². The predicted molar refractivity (Wildman–Crippen MR) is 63.6 cm³/mol. The monoisotopic (exact) mass is 240 g/mol. The van der Waals surface area contributed by atoms with Crippen molar-refractivity contribution in [2.24, 2.45) is 0 Å². The highest BCUT2D eigenvalue weighted by molar-refractivity contribution is 5.63. The van der Waals surface area contributed by atoms with Gasteiger partial charge in [0, 0.05) is 5.56 Å². The molecular formula is C12H8N4O2. The molecule has 6 heteroatoms. The molecule has 2 aromatic heterocycles. The minimum absolute atomic E-state index is 0.291. The van der Waals surface area contributed by atoms with Crippen molar-refractivity contribution < 1.29 is 4.52 Å². The normalized spacial score (nSPS) is 10.4.